The van der Waals surface area contributed by atoms with Gasteiger partial charge in [0.2, 0.25) is 0 Å². The van der Waals surface area contributed by atoms with E-state index in [1.165, 1.54) is 12.7 Å². The normalized spacial score (nSPS) is 18.1. The summed E-state index contributed by atoms with van der Waals surface area (Å²) in [5, 5.41) is 13.8. The van der Waals surface area contributed by atoms with Crippen LogP contribution in [-0.4, -0.2) is 74.2 Å². The van der Waals surface area contributed by atoms with Crippen LogP contribution in [0.25, 0.3) is 10.9 Å². The monoisotopic (exact) mass is 517 g/mol. The molecule has 0 radical (unpaired) electrons. The average Bonchev–Trinajstić information content (AvgIpc) is 3.67. The van der Waals surface area contributed by atoms with Crippen molar-refractivity contribution in [1.82, 2.24) is 35.0 Å². The Kier molecular flexibility index (Phi) is 6.67. The second-order valence-corrected chi connectivity index (χ2v) is 9.99. The predicted octanol–water partition coefficient (Wildman–Crippen LogP) is 3.17. The number of nitrogens with zero attached hydrogens (tertiary/aromatic N) is 6. The quantitative estimate of drug-likeness (QED) is 0.414. The third-order valence-corrected chi connectivity index (χ3v) is 7.76. The summed E-state index contributed by atoms with van der Waals surface area (Å²) in [6.07, 6.45) is 7.04. The molecule has 1 N–H and O–H groups in total. The number of pyridine rings is 1. The molecule has 11 nitrogen and oxygen atoms in total. The van der Waals surface area contributed by atoms with Gasteiger partial charge < -0.3 is 19.0 Å². The Morgan fingerprint density at radius 1 is 1.11 bits per heavy atom. The van der Waals surface area contributed by atoms with Crippen molar-refractivity contribution >= 4 is 16.8 Å². The lowest BCUT2D eigenvalue weighted by Gasteiger charge is -2.38. The SMILES string of the molecule is COc1ccc2cc([C@H](c3nnnn3C3CCCCC3)N3CCN(C(=O)c4ccco4)CC3)c(=O)[nH]c2c1. The van der Waals surface area contributed by atoms with Crippen LogP contribution in [0.1, 0.15) is 66.1 Å². The van der Waals surface area contributed by atoms with Gasteiger partial charge in [0.25, 0.3) is 11.5 Å². The van der Waals surface area contributed by atoms with Crippen molar-refractivity contribution in [2.45, 2.75) is 44.2 Å². The van der Waals surface area contributed by atoms with E-state index in [2.05, 4.69) is 25.4 Å². The smallest absolute Gasteiger partial charge is 0.289 e. The molecule has 198 valence electrons. The van der Waals surface area contributed by atoms with Gasteiger partial charge in [0, 0.05) is 37.8 Å². The standard InChI is InChI=1S/C27H31N7O4/c1-37-20-10-9-18-16-21(26(35)28-22(18)17-20)24(25-29-30-31-34(25)19-6-3-2-4-7-19)32-11-13-33(14-12-32)27(36)23-8-5-15-38-23/h5,8-10,15-17,19,24H,2-4,6-7,11-14H2,1H3,(H,28,35)/t24-/m1/s1. The van der Waals surface area contributed by atoms with Gasteiger partial charge in [-0.2, -0.15) is 0 Å². The summed E-state index contributed by atoms with van der Waals surface area (Å²) in [4.78, 5) is 33.4. The molecule has 2 fully saturated rings. The fraction of sp³-hybridized carbons (Fsp3) is 0.444. The summed E-state index contributed by atoms with van der Waals surface area (Å²) in [5.74, 6) is 1.55. The molecule has 1 aromatic carbocycles. The fourth-order valence-electron chi connectivity index (χ4n) is 5.73. The van der Waals surface area contributed by atoms with Gasteiger partial charge in [0.05, 0.1) is 24.9 Å². The van der Waals surface area contributed by atoms with Gasteiger partial charge in [-0.3, -0.25) is 14.5 Å². The second kappa shape index (κ2) is 10.4. The number of aromatic amines is 1. The lowest BCUT2D eigenvalue weighted by molar-refractivity contribution is 0.0556. The molecule has 2 aliphatic rings. The molecule has 0 bridgehead atoms. The maximum absolute atomic E-state index is 13.5. The first kappa shape index (κ1) is 24.4. The number of amides is 1. The zero-order valence-electron chi connectivity index (χ0n) is 21.4. The Morgan fingerprint density at radius 2 is 1.92 bits per heavy atom. The van der Waals surface area contributed by atoms with E-state index in [9.17, 15) is 9.59 Å². The van der Waals surface area contributed by atoms with Gasteiger partial charge in [-0.25, -0.2) is 4.68 Å². The zero-order valence-corrected chi connectivity index (χ0v) is 21.4. The van der Waals surface area contributed by atoms with Crippen molar-refractivity contribution in [2.24, 2.45) is 0 Å². The molecule has 38 heavy (non-hydrogen) atoms. The number of hydrogen-bond donors (Lipinski definition) is 1. The van der Waals surface area contributed by atoms with Crippen LogP contribution < -0.4 is 10.3 Å². The summed E-state index contributed by atoms with van der Waals surface area (Å²) >= 11 is 0. The Bertz CT molecular complexity index is 1460. The molecule has 6 rings (SSSR count). The minimum Gasteiger partial charge on any atom is -0.497 e. The van der Waals surface area contributed by atoms with E-state index >= 15 is 0 Å². The molecule has 3 aromatic heterocycles. The van der Waals surface area contributed by atoms with Gasteiger partial charge in [-0.15, -0.1) is 5.10 Å². The van der Waals surface area contributed by atoms with Crippen LogP contribution in [0.5, 0.6) is 5.75 Å². The number of methoxy groups -OCH3 is 1. The van der Waals surface area contributed by atoms with E-state index in [0.717, 1.165) is 31.1 Å². The maximum atomic E-state index is 13.5. The van der Waals surface area contributed by atoms with Gasteiger partial charge in [-0.05, 0) is 59.0 Å². The van der Waals surface area contributed by atoms with E-state index in [1.54, 1.807) is 24.1 Å². The number of H-pyrrole nitrogens is 1. The predicted molar refractivity (Wildman–Crippen MR) is 139 cm³/mol. The van der Waals surface area contributed by atoms with Crippen LogP contribution >= 0.6 is 0 Å². The number of benzene rings is 1. The average molecular weight is 518 g/mol. The van der Waals surface area contributed by atoms with E-state index in [-0.39, 0.29) is 17.5 Å². The molecule has 0 unspecified atom stereocenters. The molecule has 0 spiro atoms. The highest BCUT2D eigenvalue weighted by Crippen LogP contribution is 2.33. The Balaban J connectivity index is 1.37. The molecule has 1 amide bonds. The second-order valence-electron chi connectivity index (χ2n) is 9.99. The lowest BCUT2D eigenvalue weighted by atomic mass is 9.95. The van der Waals surface area contributed by atoms with Crippen LogP contribution in [0.15, 0.2) is 51.9 Å². The van der Waals surface area contributed by atoms with Gasteiger partial charge in [-0.1, -0.05) is 19.3 Å². The topological polar surface area (TPSA) is 122 Å². The summed E-state index contributed by atoms with van der Waals surface area (Å²) in [7, 11) is 1.60. The highest BCUT2D eigenvalue weighted by molar-refractivity contribution is 5.91. The first-order valence-electron chi connectivity index (χ1n) is 13.2. The maximum Gasteiger partial charge on any atom is 0.289 e. The van der Waals surface area contributed by atoms with E-state index in [4.69, 9.17) is 9.15 Å². The summed E-state index contributed by atoms with van der Waals surface area (Å²) in [6.45, 7) is 2.14. The van der Waals surface area contributed by atoms with Crippen molar-refractivity contribution < 1.29 is 13.9 Å². The number of aromatic nitrogens is 5. The summed E-state index contributed by atoms with van der Waals surface area (Å²) in [6, 6.07) is 10.7. The lowest BCUT2D eigenvalue weighted by Crippen LogP contribution is -2.51. The van der Waals surface area contributed by atoms with Crippen LogP contribution in [0.3, 0.4) is 0 Å². The molecule has 1 atom stereocenters. The highest BCUT2D eigenvalue weighted by atomic mass is 16.5. The molecule has 1 saturated carbocycles. The number of nitrogens with one attached hydrogen (secondary N) is 1. The Labute approximate surface area is 219 Å². The van der Waals surface area contributed by atoms with E-state index < -0.39 is 6.04 Å². The first-order chi connectivity index (χ1) is 18.6. The third kappa shape index (κ3) is 4.58. The number of tetrazole rings is 1. The van der Waals surface area contributed by atoms with Gasteiger partial charge in [0.1, 0.15) is 11.8 Å². The Morgan fingerprint density at radius 3 is 2.66 bits per heavy atom. The number of carbonyl (C=O) groups excluding carboxylic acids is 1. The fourth-order valence-corrected chi connectivity index (χ4v) is 5.73. The number of ether oxygens (including phenoxy) is 1. The Hall–Kier alpha value is -3.99. The van der Waals surface area contributed by atoms with Crippen LogP contribution in [0, 0.1) is 0 Å². The van der Waals surface area contributed by atoms with Crippen molar-refractivity contribution in [3.8, 4) is 5.75 Å². The van der Waals surface area contributed by atoms with Crippen molar-refractivity contribution in [3.63, 3.8) is 0 Å². The van der Waals surface area contributed by atoms with Crippen LogP contribution in [0.4, 0.5) is 0 Å². The molecule has 4 heterocycles. The largest absolute Gasteiger partial charge is 0.497 e. The van der Waals surface area contributed by atoms with E-state index in [1.807, 2.05) is 28.9 Å². The number of rotatable bonds is 6. The molecular formula is C27H31N7O4. The number of carbonyl (C=O) groups is 1. The van der Waals surface area contributed by atoms with Crippen molar-refractivity contribution in [1.29, 1.82) is 0 Å². The van der Waals surface area contributed by atoms with Crippen molar-refractivity contribution in [2.75, 3.05) is 33.3 Å². The minimum absolute atomic E-state index is 0.129. The minimum atomic E-state index is -0.456. The number of furan rings is 1. The molecule has 1 saturated heterocycles. The summed E-state index contributed by atoms with van der Waals surface area (Å²) < 4.78 is 12.6. The van der Waals surface area contributed by atoms with Gasteiger partial charge in [0.15, 0.2) is 11.6 Å². The third-order valence-electron chi connectivity index (χ3n) is 7.76. The molecule has 4 aromatic rings. The number of hydrogen-bond acceptors (Lipinski definition) is 8. The van der Waals surface area contributed by atoms with Crippen molar-refractivity contribution in [3.05, 3.63) is 70.2 Å². The molecule has 1 aliphatic carbocycles. The molecule has 1 aliphatic heterocycles. The number of piperazine rings is 1. The van der Waals surface area contributed by atoms with Crippen LogP contribution in [-0.2, 0) is 0 Å². The zero-order chi connectivity index (χ0) is 26.1. The van der Waals surface area contributed by atoms with Gasteiger partial charge >= 0.3 is 0 Å². The first-order valence-corrected chi connectivity index (χ1v) is 13.2. The highest BCUT2D eigenvalue weighted by Gasteiger charge is 2.35. The molecular weight excluding hydrogens is 486 g/mol. The number of fused-ring (bicyclic) bond motifs is 1. The van der Waals surface area contributed by atoms with E-state index in [0.29, 0.717) is 54.6 Å². The van der Waals surface area contributed by atoms with Crippen LogP contribution in [0.2, 0.25) is 0 Å². The molecule has 11 heteroatoms. The summed E-state index contributed by atoms with van der Waals surface area (Å²) in [5.41, 5.74) is 1.10.